The van der Waals surface area contributed by atoms with Crippen LogP contribution in [0.3, 0.4) is 0 Å². The van der Waals surface area contributed by atoms with Crippen molar-refractivity contribution in [3.63, 3.8) is 0 Å². The van der Waals surface area contributed by atoms with E-state index in [4.69, 9.17) is 4.52 Å². The Kier molecular flexibility index (Phi) is 3.33. The van der Waals surface area contributed by atoms with Crippen LogP contribution in [-0.4, -0.2) is 5.16 Å². The largest absolute Gasteiger partial charge is 0.360 e. The summed E-state index contributed by atoms with van der Waals surface area (Å²) >= 11 is 0. The summed E-state index contributed by atoms with van der Waals surface area (Å²) in [4.78, 5) is 0. The number of rotatable bonds is 2. The summed E-state index contributed by atoms with van der Waals surface area (Å²) in [6.07, 6.45) is 4.40. The SMILES string of the molecule is CC#CCc1oncc1C=C(C)C. The van der Waals surface area contributed by atoms with Crippen molar-refractivity contribution in [3.05, 3.63) is 23.1 Å². The van der Waals surface area contributed by atoms with E-state index in [1.165, 1.54) is 5.57 Å². The topological polar surface area (TPSA) is 26.0 Å². The van der Waals surface area contributed by atoms with E-state index in [2.05, 4.69) is 17.0 Å². The Morgan fingerprint density at radius 3 is 3.00 bits per heavy atom. The molecule has 1 rings (SSSR count). The van der Waals surface area contributed by atoms with Gasteiger partial charge in [-0.15, -0.1) is 5.92 Å². The van der Waals surface area contributed by atoms with Gasteiger partial charge in [-0.1, -0.05) is 22.7 Å². The maximum Gasteiger partial charge on any atom is 0.155 e. The highest BCUT2D eigenvalue weighted by Gasteiger charge is 2.02. The van der Waals surface area contributed by atoms with Crippen molar-refractivity contribution in [3.8, 4) is 11.8 Å². The first-order valence-electron chi connectivity index (χ1n) is 4.22. The first kappa shape index (κ1) is 9.60. The van der Waals surface area contributed by atoms with E-state index in [0.29, 0.717) is 6.42 Å². The molecule has 0 fully saturated rings. The van der Waals surface area contributed by atoms with Gasteiger partial charge in [0, 0.05) is 5.56 Å². The minimum absolute atomic E-state index is 0.635. The number of hydrogen-bond acceptors (Lipinski definition) is 2. The fourth-order valence-corrected chi connectivity index (χ4v) is 1.00. The van der Waals surface area contributed by atoms with Gasteiger partial charge in [-0.05, 0) is 20.8 Å². The van der Waals surface area contributed by atoms with Crippen molar-refractivity contribution in [2.24, 2.45) is 0 Å². The third kappa shape index (κ3) is 2.79. The zero-order valence-corrected chi connectivity index (χ0v) is 8.22. The molecule has 0 aromatic carbocycles. The lowest BCUT2D eigenvalue weighted by molar-refractivity contribution is 0.391. The molecule has 1 aromatic rings. The summed E-state index contributed by atoms with van der Waals surface area (Å²) in [5, 5.41) is 3.74. The Bertz CT molecular complexity index is 359. The van der Waals surface area contributed by atoms with Gasteiger partial charge >= 0.3 is 0 Å². The molecular weight excluding hydrogens is 162 g/mol. The van der Waals surface area contributed by atoms with Gasteiger partial charge < -0.3 is 4.52 Å². The number of allylic oxidation sites excluding steroid dienone is 1. The Balaban J connectivity index is 2.87. The molecule has 0 amide bonds. The summed E-state index contributed by atoms with van der Waals surface area (Å²) in [6, 6.07) is 0. The van der Waals surface area contributed by atoms with Crippen molar-refractivity contribution in [1.29, 1.82) is 0 Å². The lowest BCUT2D eigenvalue weighted by Crippen LogP contribution is -1.81. The number of aromatic nitrogens is 1. The first-order chi connectivity index (χ1) is 6.24. The normalized spacial score (nSPS) is 8.85. The molecule has 0 aliphatic heterocycles. The predicted molar refractivity (Wildman–Crippen MR) is 53.0 cm³/mol. The molecule has 0 aliphatic carbocycles. The van der Waals surface area contributed by atoms with E-state index in [1.54, 1.807) is 6.20 Å². The molecule has 1 aromatic heterocycles. The fourth-order valence-electron chi connectivity index (χ4n) is 1.00. The summed E-state index contributed by atoms with van der Waals surface area (Å²) < 4.78 is 5.07. The van der Waals surface area contributed by atoms with Crippen LogP contribution in [-0.2, 0) is 6.42 Å². The molecule has 0 bridgehead atoms. The highest BCUT2D eigenvalue weighted by molar-refractivity contribution is 5.53. The van der Waals surface area contributed by atoms with E-state index >= 15 is 0 Å². The van der Waals surface area contributed by atoms with Crippen molar-refractivity contribution in [2.45, 2.75) is 27.2 Å². The first-order valence-corrected chi connectivity index (χ1v) is 4.22. The molecule has 2 heteroatoms. The van der Waals surface area contributed by atoms with Crippen LogP contribution in [0.2, 0.25) is 0 Å². The fraction of sp³-hybridized carbons (Fsp3) is 0.364. The molecule has 0 unspecified atom stereocenters. The molecule has 0 saturated heterocycles. The van der Waals surface area contributed by atoms with Crippen LogP contribution in [0.5, 0.6) is 0 Å². The van der Waals surface area contributed by atoms with Crippen LogP contribution >= 0.6 is 0 Å². The molecule has 68 valence electrons. The van der Waals surface area contributed by atoms with Crippen LogP contribution in [0.4, 0.5) is 0 Å². The van der Waals surface area contributed by atoms with Crippen LogP contribution in [0.1, 0.15) is 32.1 Å². The maximum absolute atomic E-state index is 5.07. The van der Waals surface area contributed by atoms with Gasteiger partial charge in [0.25, 0.3) is 0 Å². The lowest BCUT2D eigenvalue weighted by atomic mass is 10.1. The smallest absolute Gasteiger partial charge is 0.155 e. The van der Waals surface area contributed by atoms with E-state index < -0.39 is 0 Å². The molecule has 0 aliphatic rings. The average Bonchev–Trinajstić information content (AvgIpc) is 2.48. The molecule has 0 N–H and O–H groups in total. The Morgan fingerprint density at radius 1 is 1.62 bits per heavy atom. The predicted octanol–water partition coefficient (Wildman–Crippen LogP) is 2.66. The van der Waals surface area contributed by atoms with E-state index in [1.807, 2.05) is 26.8 Å². The number of nitrogens with zero attached hydrogens (tertiary/aromatic N) is 1. The second kappa shape index (κ2) is 4.51. The standard InChI is InChI=1S/C11H13NO/c1-4-5-6-11-10(7-9(2)3)8-12-13-11/h7-8H,6H2,1-3H3. The summed E-state index contributed by atoms with van der Waals surface area (Å²) in [5.41, 5.74) is 2.26. The maximum atomic E-state index is 5.07. The zero-order chi connectivity index (χ0) is 9.68. The van der Waals surface area contributed by atoms with Gasteiger partial charge in [-0.2, -0.15) is 0 Å². The molecule has 2 nitrogen and oxygen atoms in total. The average molecular weight is 175 g/mol. The monoisotopic (exact) mass is 175 g/mol. The molecule has 0 spiro atoms. The summed E-state index contributed by atoms with van der Waals surface area (Å²) in [6.45, 7) is 5.90. The Hall–Kier alpha value is -1.49. The van der Waals surface area contributed by atoms with Crippen LogP contribution in [0.15, 0.2) is 16.3 Å². The van der Waals surface area contributed by atoms with Gasteiger partial charge in [-0.3, -0.25) is 0 Å². The van der Waals surface area contributed by atoms with Crippen LogP contribution in [0, 0.1) is 11.8 Å². The highest BCUT2D eigenvalue weighted by Crippen LogP contribution is 2.12. The molecule has 1 heterocycles. The van der Waals surface area contributed by atoms with Crippen LogP contribution in [0.25, 0.3) is 6.08 Å². The minimum Gasteiger partial charge on any atom is -0.360 e. The third-order valence-electron chi connectivity index (χ3n) is 1.55. The molecule has 0 radical (unpaired) electrons. The molecule has 0 saturated carbocycles. The van der Waals surface area contributed by atoms with Gasteiger partial charge in [0.05, 0.1) is 12.6 Å². The second-order valence-electron chi connectivity index (χ2n) is 3.03. The van der Waals surface area contributed by atoms with Crippen molar-refractivity contribution < 1.29 is 4.52 Å². The van der Waals surface area contributed by atoms with E-state index in [-0.39, 0.29) is 0 Å². The summed E-state index contributed by atoms with van der Waals surface area (Å²) in [5.74, 6) is 6.62. The third-order valence-corrected chi connectivity index (χ3v) is 1.55. The van der Waals surface area contributed by atoms with Gasteiger partial charge in [-0.25, -0.2) is 0 Å². The lowest BCUT2D eigenvalue weighted by Gasteiger charge is -1.90. The molecular formula is C11H13NO. The van der Waals surface area contributed by atoms with Gasteiger partial charge in [0.1, 0.15) is 0 Å². The van der Waals surface area contributed by atoms with Crippen molar-refractivity contribution in [2.75, 3.05) is 0 Å². The Morgan fingerprint density at radius 2 is 2.38 bits per heavy atom. The minimum atomic E-state index is 0.635. The molecule has 0 atom stereocenters. The van der Waals surface area contributed by atoms with E-state index in [9.17, 15) is 0 Å². The highest BCUT2D eigenvalue weighted by atomic mass is 16.5. The van der Waals surface area contributed by atoms with E-state index in [0.717, 1.165) is 11.3 Å². The van der Waals surface area contributed by atoms with Gasteiger partial charge in [0.2, 0.25) is 0 Å². The zero-order valence-electron chi connectivity index (χ0n) is 8.22. The van der Waals surface area contributed by atoms with Crippen molar-refractivity contribution >= 4 is 6.08 Å². The van der Waals surface area contributed by atoms with Gasteiger partial charge in [0.15, 0.2) is 5.76 Å². The second-order valence-corrected chi connectivity index (χ2v) is 3.03. The quantitative estimate of drug-likeness (QED) is 0.646. The Labute approximate surface area is 78.6 Å². The van der Waals surface area contributed by atoms with Crippen molar-refractivity contribution in [1.82, 2.24) is 5.16 Å². The summed E-state index contributed by atoms with van der Waals surface area (Å²) in [7, 11) is 0. The number of hydrogen-bond donors (Lipinski definition) is 0. The van der Waals surface area contributed by atoms with Crippen LogP contribution < -0.4 is 0 Å². The molecule has 13 heavy (non-hydrogen) atoms.